The Morgan fingerprint density at radius 3 is 2.70 bits per heavy atom. The Balaban J connectivity index is 1.32. The van der Waals surface area contributed by atoms with Gasteiger partial charge in [-0.3, -0.25) is 9.36 Å². The van der Waals surface area contributed by atoms with Gasteiger partial charge in [-0.2, -0.15) is 0 Å². The molecule has 2 aromatic heterocycles. The van der Waals surface area contributed by atoms with Crippen LogP contribution in [0.1, 0.15) is 24.2 Å². The van der Waals surface area contributed by atoms with Crippen LogP contribution in [0.25, 0.3) is 5.82 Å². The van der Waals surface area contributed by atoms with Crippen LogP contribution in [0.3, 0.4) is 0 Å². The van der Waals surface area contributed by atoms with Gasteiger partial charge in [0.05, 0.1) is 7.11 Å². The van der Waals surface area contributed by atoms with Crippen molar-refractivity contribution in [1.82, 2.24) is 24.8 Å². The second kappa shape index (κ2) is 8.94. The molecule has 4 rings (SSSR count). The monoisotopic (exact) mass is 406 g/mol. The van der Waals surface area contributed by atoms with Crippen LogP contribution in [0.15, 0.2) is 49.1 Å². The topological polar surface area (TPSA) is 85.2 Å². The standard InChI is InChI=1S/C22H26N6O2/c1-16-23-8-11-28(16)21-13-20(25-15-26-21)27-9-6-18(7-10-27)22(29)24-14-17-4-3-5-19(12-17)30-2/h3-5,8,11-13,15,18H,6-7,9-10,14H2,1-2H3,(H,24,29). The molecule has 1 aliphatic rings. The van der Waals surface area contributed by atoms with Gasteiger partial charge in [0, 0.05) is 44.0 Å². The summed E-state index contributed by atoms with van der Waals surface area (Å²) in [5.74, 6) is 3.48. The molecule has 0 unspecified atom stereocenters. The highest BCUT2D eigenvalue weighted by Gasteiger charge is 2.25. The third kappa shape index (κ3) is 4.42. The number of anilines is 1. The van der Waals surface area contributed by atoms with Crippen molar-refractivity contribution in [1.29, 1.82) is 0 Å². The Morgan fingerprint density at radius 2 is 1.97 bits per heavy atom. The van der Waals surface area contributed by atoms with Crippen molar-refractivity contribution < 1.29 is 9.53 Å². The van der Waals surface area contributed by atoms with E-state index in [0.29, 0.717) is 6.54 Å². The van der Waals surface area contributed by atoms with E-state index in [1.165, 1.54) is 0 Å². The van der Waals surface area contributed by atoms with Crippen molar-refractivity contribution in [3.63, 3.8) is 0 Å². The number of hydrogen-bond donors (Lipinski definition) is 1. The highest BCUT2D eigenvalue weighted by atomic mass is 16.5. The van der Waals surface area contributed by atoms with Crippen molar-refractivity contribution in [2.75, 3.05) is 25.1 Å². The zero-order valence-corrected chi connectivity index (χ0v) is 17.3. The van der Waals surface area contributed by atoms with Crippen molar-refractivity contribution in [2.45, 2.75) is 26.3 Å². The van der Waals surface area contributed by atoms with Crippen LogP contribution in [0.2, 0.25) is 0 Å². The van der Waals surface area contributed by atoms with Crippen LogP contribution < -0.4 is 15.0 Å². The minimum absolute atomic E-state index is 0.0176. The Kier molecular flexibility index (Phi) is 5.92. The number of imidazole rings is 1. The predicted octanol–water partition coefficient (Wildman–Crippen LogP) is 2.51. The molecule has 1 N–H and O–H groups in total. The van der Waals surface area contributed by atoms with Gasteiger partial charge in [-0.25, -0.2) is 15.0 Å². The zero-order valence-electron chi connectivity index (χ0n) is 17.3. The maximum atomic E-state index is 12.6. The normalized spacial score (nSPS) is 14.5. The molecule has 156 valence electrons. The van der Waals surface area contributed by atoms with E-state index in [9.17, 15) is 4.79 Å². The number of benzene rings is 1. The molecule has 8 heteroatoms. The Hall–Kier alpha value is -3.42. The molecule has 0 spiro atoms. The third-order valence-electron chi connectivity index (χ3n) is 5.50. The fourth-order valence-corrected chi connectivity index (χ4v) is 3.75. The lowest BCUT2D eigenvalue weighted by Gasteiger charge is -2.32. The van der Waals surface area contributed by atoms with E-state index < -0.39 is 0 Å². The molecule has 1 fully saturated rings. The number of hydrogen-bond acceptors (Lipinski definition) is 6. The second-order valence-corrected chi connectivity index (χ2v) is 7.41. The number of methoxy groups -OCH3 is 1. The minimum Gasteiger partial charge on any atom is -0.497 e. The van der Waals surface area contributed by atoms with Gasteiger partial charge < -0.3 is 15.0 Å². The van der Waals surface area contributed by atoms with Gasteiger partial charge in [-0.15, -0.1) is 0 Å². The summed E-state index contributed by atoms with van der Waals surface area (Å²) in [6, 6.07) is 9.73. The third-order valence-corrected chi connectivity index (χ3v) is 5.50. The molecule has 0 aliphatic carbocycles. The van der Waals surface area contributed by atoms with Crippen molar-refractivity contribution in [2.24, 2.45) is 5.92 Å². The Bertz CT molecular complexity index is 1010. The summed E-state index contributed by atoms with van der Waals surface area (Å²) in [5.41, 5.74) is 1.03. The fraction of sp³-hybridized carbons (Fsp3) is 0.364. The number of piperidine rings is 1. The average molecular weight is 406 g/mol. The summed E-state index contributed by atoms with van der Waals surface area (Å²) in [5, 5.41) is 3.06. The van der Waals surface area contributed by atoms with Gasteiger partial charge in [-0.05, 0) is 37.5 Å². The smallest absolute Gasteiger partial charge is 0.223 e. The van der Waals surface area contributed by atoms with Gasteiger partial charge in [0.25, 0.3) is 0 Å². The van der Waals surface area contributed by atoms with E-state index in [0.717, 1.165) is 54.7 Å². The van der Waals surface area contributed by atoms with Crippen LogP contribution in [-0.4, -0.2) is 45.6 Å². The first kappa shape index (κ1) is 19.9. The lowest BCUT2D eigenvalue weighted by molar-refractivity contribution is -0.125. The van der Waals surface area contributed by atoms with E-state index in [2.05, 4.69) is 25.2 Å². The molecule has 1 aromatic carbocycles. The summed E-state index contributed by atoms with van der Waals surface area (Å²) in [6.45, 7) is 4.03. The van der Waals surface area contributed by atoms with Crippen molar-refractivity contribution in [3.8, 4) is 11.6 Å². The number of carbonyl (C=O) groups is 1. The molecule has 1 amide bonds. The lowest BCUT2D eigenvalue weighted by atomic mass is 9.96. The first-order valence-corrected chi connectivity index (χ1v) is 10.1. The number of ether oxygens (including phenoxy) is 1. The molecule has 30 heavy (non-hydrogen) atoms. The summed E-state index contributed by atoms with van der Waals surface area (Å²) < 4.78 is 7.17. The summed E-state index contributed by atoms with van der Waals surface area (Å²) in [6.07, 6.45) is 6.82. The molecular formula is C22H26N6O2. The van der Waals surface area contributed by atoms with Gasteiger partial charge >= 0.3 is 0 Å². The first-order valence-electron chi connectivity index (χ1n) is 10.1. The van der Waals surface area contributed by atoms with Crippen LogP contribution in [0.4, 0.5) is 5.82 Å². The maximum absolute atomic E-state index is 12.6. The van der Waals surface area contributed by atoms with Crippen LogP contribution >= 0.6 is 0 Å². The Labute approximate surface area is 175 Å². The Morgan fingerprint density at radius 1 is 1.17 bits per heavy atom. The molecule has 0 bridgehead atoms. The predicted molar refractivity (Wildman–Crippen MR) is 114 cm³/mol. The number of amides is 1. The number of aryl methyl sites for hydroxylation is 1. The highest BCUT2D eigenvalue weighted by molar-refractivity contribution is 5.79. The molecule has 0 atom stereocenters. The summed E-state index contributed by atoms with van der Waals surface area (Å²) in [4.78, 5) is 27.9. The SMILES string of the molecule is COc1cccc(CNC(=O)C2CCN(c3cc(-n4ccnc4C)ncn3)CC2)c1. The molecule has 8 nitrogen and oxygen atoms in total. The largest absolute Gasteiger partial charge is 0.497 e. The molecule has 1 aliphatic heterocycles. The van der Waals surface area contributed by atoms with E-state index in [4.69, 9.17) is 4.74 Å². The number of aromatic nitrogens is 4. The minimum atomic E-state index is 0.0176. The molecule has 0 radical (unpaired) electrons. The fourth-order valence-electron chi connectivity index (χ4n) is 3.75. The quantitative estimate of drug-likeness (QED) is 0.677. The number of nitrogens with one attached hydrogen (secondary N) is 1. The number of rotatable bonds is 6. The molecule has 0 saturated carbocycles. The molecule has 3 aromatic rings. The first-order chi connectivity index (χ1) is 14.6. The van der Waals surface area contributed by atoms with Gasteiger partial charge in [-0.1, -0.05) is 12.1 Å². The van der Waals surface area contributed by atoms with E-state index in [1.807, 2.05) is 48.0 Å². The van der Waals surface area contributed by atoms with E-state index in [-0.39, 0.29) is 11.8 Å². The lowest BCUT2D eigenvalue weighted by Crippen LogP contribution is -2.40. The molecule has 3 heterocycles. The van der Waals surface area contributed by atoms with Crippen LogP contribution in [-0.2, 0) is 11.3 Å². The second-order valence-electron chi connectivity index (χ2n) is 7.41. The van der Waals surface area contributed by atoms with Crippen molar-refractivity contribution >= 4 is 11.7 Å². The zero-order chi connectivity index (χ0) is 20.9. The van der Waals surface area contributed by atoms with Crippen molar-refractivity contribution in [3.05, 3.63) is 60.4 Å². The van der Waals surface area contributed by atoms with Gasteiger partial charge in [0.15, 0.2) is 0 Å². The van der Waals surface area contributed by atoms with E-state index >= 15 is 0 Å². The average Bonchev–Trinajstić information content (AvgIpc) is 3.23. The maximum Gasteiger partial charge on any atom is 0.223 e. The van der Waals surface area contributed by atoms with Gasteiger partial charge in [0.2, 0.25) is 5.91 Å². The van der Waals surface area contributed by atoms with Crippen LogP contribution in [0.5, 0.6) is 5.75 Å². The summed E-state index contributed by atoms with van der Waals surface area (Å²) >= 11 is 0. The summed E-state index contributed by atoms with van der Waals surface area (Å²) in [7, 11) is 1.64. The number of carbonyl (C=O) groups excluding carboxylic acids is 1. The van der Waals surface area contributed by atoms with E-state index in [1.54, 1.807) is 19.6 Å². The molecule has 1 saturated heterocycles. The van der Waals surface area contributed by atoms with Crippen LogP contribution in [0, 0.1) is 12.8 Å². The molecular weight excluding hydrogens is 380 g/mol. The number of nitrogens with zero attached hydrogens (tertiary/aromatic N) is 5. The highest BCUT2D eigenvalue weighted by Crippen LogP contribution is 2.23. The van der Waals surface area contributed by atoms with Gasteiger partial charge in [0.1, 0.15) is 29.5 Å².